The Labute approximate surface area is 176 Å². The summed E-state index contributed by atoms with van der Waals surface area (Å²) >= 11 is 18.4. The predicted octanol–water partition coefficient (Wildman–Crippen LogP) is 7.11. The highest BCUT2D eigenvalue weighted by Crippen LogP contribution is 2.32. The van der Waals surface area contributed by atoms with E-state index in [1.165, 1.54) is 0 Å². The fraction of sp³-hybridized carbons (Fsp3) is 0. The molecular weight excluding hydrogens is 415 g/mol. The van der Waals surface area contributed by atoms with E-state index < -0.39 is 0 Å². The minimum atomic E-state index is -0.316. The van der Waals surface area contributed by atoms with E-state index in [0.717, 1.165) is 10.9 Å². The van der Waals surface area contributed by atoms with Gasteiger partial charge >= 0.3 is 0 Å². The molecular formula is C22H13Cl3N2O. The van der Waals surface area contributed by atoms with Gasteiger partial charge in [-0.2, -0.15) is 0 Å². The molecule has 3 nitrogen and oxygen atoms in total. The average molecular weight is 428 g/mol. The van der Waals surface area contributed by atoms with Crippen LogP contribution in [0.2, 0.25) is 15.1 Å². The quantitative estimate of drug-likeness (QED) is 0.378. The second kappa shape index (κ2) is 7.80. The van der Waals surface area contributed by atoms with E-state index in [1.807, 2.05) is 36.4 Å². The molecule has 28 heavy (non-hydrogen) atoms. The molecule has 4 rings (SSSR count). The molecule has 6 heteroatoms. The number of anilines is 1. The Kier molecular flexibility index (Phi) is 5.23. The standard InChI is InChI=1S/C22H13Cl3N2O/c23-14-10-8-13(9-11-14)20-12-16(15-4-1-2-7-19(15)26-20)22(28)27-21-17(24)5-3-6-18(21)25/h1-12H,(H,27,28). The fourth-order valence-corrected chi connectivity index (χ4v) is 3.55. The molecule has 4 aromatic rings. The van der Waals surface area contributed by atoms with E-state index in [4.69, 9.17) is 34.8 Å². The molecule has 138 valence electrons. The van der Waals surface area contributed by atoms with Gasteiger partial charge in [-0.15, -0.1) is 0 Å². The topological polar surface area (TPSA) is 42.0 Å². The number of pyridine rings is 1. The second-order valence-electron chi connectivity index (χ2n) is 6.13. The van der Waals surface area contributed by atoms with Crippen LogP contribution in [-0.2, 0) is 0 Å². The maximum atomic E-state index is 13.1. The number of benzene rings is 3. The SMILES string of the molecule is O=C(Nc1c(Cl)cccc1Cl)c1cc(-c2ccc(Cl)cc2)nc2ccccc12. The molecule has 0 unspecified atom stereocenters. The summed E-state index contributed by atoms with van der Waals surface area (Å²) < 4.78 is 0. The summed E-state index contributed by atoms with van der Waals surface area (Å²) in [6.07, 6.45) is 0. The maximum absolute atomic E-state index is 13.1. The zero-order chi connectivity index (χ0) is 19.7. The lowest BCUT2D eigenvalue weighted by atomic mass is 10.0. The Bertz CT molecular complexity index is 1170. The summed E-state index contributed by atoms with van der Waals surface area (Å²) in [7, 11) is 0. The number of para-hydroxylation sites is 2. The van der Waals surface area contributed by atoms with Crippen LogP contribution < -0.4 is 5.32 Å². The number of carbonyl (C=O) groups excluding carboxylic acids is 1. The molecule has 1 aromatic heterocycles. The number of amides is 1. The summed E-state index contributed by atoms with van der Waals surface area (Å²) in [5, 5.41) is 4.94. The van der Waals surface area contributed by atoms with Crippen molar-refractivity contribution in [2.24, 2.45) is 0 Å². The van der Waals surface area contributed by atoms with E-state index in [2.05, 4.69) is 10.3 Å². The minimum absolute atomic E-state index is 0.316. The third-order valence-corrected chi connectivity index (χ3v) is 5.18. The van der Waals surface area contributed by atoms with Crippen LogP contribution in [0.5, 0.6) is 0 Å². The number of rotatable bonds is 3. The Hall–Kier alpha value is -2.59. The zero-order valence-electron chi connectivity index (χ0n) is 14.4. The largest absolute Gasteiger partial charge is 0.319 e. The van der Waals surface area contributed by atoms with Gasteiger partial charge in [0.15, 0.2) is 0 Å². The van der Waals surface area contributed by atoms with Crippen LogP contribution >= 0.6 is 34.8 Å². The van der Waals surface area contributed by atoms with E-state index in [-0.39, 0.29) is 5.91 Å². The first-order valence-electron chi connectivity index (χ1n) is 8.44. The predicted molar refractivity (Wildman–Crippen MR) is 117 cm³/mol. The lowest BCUT2D eigenvalue weighted by molar-refractivity contribution is 0.102. The molecule has 0 saturated heterocycles. The van der Waals surface area contributed by atoms with Crippen LogP contribution in [0, 0.1) is 0 Å². The first-order chi connectivity index (χ1) is 13.5. The third kappa shape index (κ3) is 3.69. The third-order valence-electron chi connectivity index (χ3n) is 4.30. The number of halogens is 3. The number of hydrogen-bond acceptors (Lipinski definition) is 2. The molecule has 0 bridgehead atoms. The van der Waals surface area contributed by atoms with Gasteiger partial charge in [-0.05, 0) is 36.4 Å². The van der Waals surface area contributed by atoms with Crippen LogP contribution in [0.25, 0.3) is 22.2 Å². The Morgan fingerprint density at radius 2 is 1.50 bits per heavy atom. The van der Waals surface area contributed by atoms with E-state index in [1.54, 1.807) is 36.4 Å². The van der Waals surface area contributed by atoms with Gasteiger partial charge in [0.2, 0.25) is 0 Å². The summed E-state index contributed by atoms with van der Waals surface area (Å²) in [5.41, 5.74) is 3.10. The smallest absolute Gasteiger partial charge is 0.256 e. The van der Waals surface area contributed by atoms with Crippen LogP contribution in [0.15, 0.2) is 72.8 Å². The first-order valence-corrected chi connectivity index (χ1v) is 9.57. The van der Waals surface area contributed by atoms with Crippen molar-refractivity contribution in [3.05, 3.63) is 93.4 Å². The molecule has 0 atom stereocenters. The van der Waals surface area contributed by atoms with Crippen LogP contribution in [0.1, 0.15) is 10.4 Å². The monoisotopic (exact) mass is 426 g/mol. The molecule has 0 aliphatic rings. The van der Waals surface area contributed by atoms with Crippen molar-refractivity contribution >= 4 is 57.3 Å². The highest BCUT2D eigenvalue weighted by Gasteiger charge is 2.16. The minimum Gasteiger partial charge on any atom is -0.319 e. The van der Waals surface area contributed by atoms with Gasteiger partial charge in [-0.25, -0.2) is 4.98 Å². The van der Waals surface area contributed by atoms with Crippen molar-refractivity contribution in [1.82, 2.24) is 4.98 Å². The molecule has 3 aromatic carbocycles. The van der Waals surface area contributed by atoms with Crippen molar-refractivity contribution in [1.29, 1.82) is 0 Å². The summed E-state index contributed by atoms with van der Waals surface area (Å²) in [6.45, 7) is 0. The summed E-state index contributed by atoms with van der Waals surface area (Å²) in [6, 6.07) is 21.6. The molecule has 1 N–H and O–H groups in total. The number of fused-ring (bicyclic) bond motifs is 1. The van der Waals surface area contributed by atoms with Crippen LogP contribution in [0.4, 0.5) is 5.69 Å². The fourth-order valence-electron chi connectivity index (χ4n) is 2.93. The van der Waals surface area contributed by atoms with Crippen LogP contribution in [-0.4, -0.2) is 10.9 Å². The molecule has 1 heterocycles. The lowest BCUT2D eigenvalue weighted by Gasteiger charge is -2.12. The second-order valence-corrected chi connectivity index (χ2v) is 7.38. The number of hydrogen-bond donors (Lipinski definition) is 1. The van der Waals surface area contributed by atoms with Crippen molar-refractivity contribution in [2.75, 3.05) is 5.32 Å². The highest BCUT2D eigenvalue weighted by molar-refractivity contribution is 6.40. The van der Waals surface area contributed by atoms with Crippen LogP contribution in [0.3, 0.4) is 0 Å². The number of nitrogens with zero attached hydrogens (tertiary/aromatic N) is 1. The van der Waals surface area contributed by atoms with Crippen molar-refractivity contribution in [3.8, 4) is 11.3 Å². The Morgan fingerprint density at radius 1 is 0.821 bits per heavy atom. The Morgan fingerprint density at radius 3 is 2.21 bits per heavy atom. The number of carbonyl (C=O) groups is 1. The van der Waals surface area contributed by atoms with Gasteiger partial charge in [0.25, 0.3) is 5.91 Å². The van der Waals surface area contributed by atoms with E-state index in [0.29, 0.717) is 37.5 Å². The van der Waals surface area contributed by atoms with Crippen molar-refractivity contribution in [2.45, 2.75) is 0 Å². The first kappa shape index (κ1) is 18.8. The Balaban J connectivity index is 1.83. The average Bonchev–Trinajstić information content (AvgIpc) is 2.70. The molecule has 1 amide bonds. The van der Waals surface area contributed by atoms with Crippen molar-refractivity contribution in [3.63, 3.8) is 0 Å². The van der Waals surface area contributed by atoms with Gasteiger partial charge in [-0.1, -0.05) is 71.2 Å². The normalized spacial score (nSPS) is 10.8. The number of nitrogens with one attached hydrogen (secondary N) is 1. The van der Waals surface area contributed by atoms with Gasteiger partial charge in [-0.3, -0.25) is 4.79 Å². The zero-order valence-corrected chi connectivity index (χ0v) is 16.7. The molecule has 0 radical (unpaired) electrons. The van der Waals surface area contributed by atoms with E-state index >= 15 is 0 Å². The molecule has 0 spiro atoms. The van der Waals surface area contributed by atoms with Gasteiger partial charge in [0.1, 0.15) is 0 Å². The highest BCUT2D eigenvalue weighted by atomic mass is 35.5. The van der Waals surface area contributed by atoms with Crippen molar-refractivity contribution < 1.29 is 4.79 Å². The number of aromatic nitrogens is 1. The van der Waals surface area contributed by atoms with Gasteiger partial charge in [0, 0.05) is 16.0 Å². The van der Waals surface area contributed by atoms with Gasteiger partial charge in [0.05, 0.1) is 32.5 Å². The lowest BCUT2D eigenvalue weighted by Crippen LogP contribution is -2.13. The summed E-state index contributed by atoms with van der Waals surface area (Å²) in [4.78, 5) is 17.8. The molecule has 0 aliphatic carbocycles. The molecule has 0 saturated carbocycles. The molecule has 0 fully saturated rings. The van der Waals surface area contributed by atoms with E-state index in [9.17, 15) is 4.79 Å². The summed E-state index contributed by atoms with van der Waals surface area (Å²) in [5.74, 6) is -0.316. The van der Waals surface area contributed by atoms with Gasteiger partial charge < -0.3 is 5.32 Å². The molecule has 0 aliphatic heterocycles. The maximum Gasteiger partial charge on any atom is 0.256 e.